The van der Waals surface area contributed by atoms with Crippen LogP contribution in [0.2, 0.25) is 0 Å². The van der Waals surface area contributed by atoms with Gasteiger partial charge in [0.05, 0.1) is 19.7 Å². The summed E-state index contributed by atoms with van der Waals surface area (Å²) in [4.78, 5) is 38.1. The predicted molar refractivity (Wildman–Crippen MR) is 55.7 cm³/mol. The topological polar surface area (TPSA) is 221 Å². The van der Waals surface area contributed by atoms with Gasteiger partial charge in [-0.1, -0.05) is 0 Å². The lowest BCUT2D eigenvalue weighted by molar-refractivity contribution is -0.630. The van der Waals surface area contributed by atoms with Crippen LogP contribution < -0.4 is 21.3 Å². The molecular weight excluding hydrogens is 288 g/mol. The van der Waals surface area contributed by atoms with Gasteiger partial charge in [-0.3, -0.25) is 40.5 Å². The van der Waals surface area contributed by atoms with Crippen LogP contribution in [0.25, 0.3) is 0 Å². The first-order valence-corrected chi connectivity index (χ1v) is 4.80. The average Bonchev–Trinajstić information content (AvgIpc) is 2.26. The van der Waals surface area contributed by atoms with E-state index in [9.17, 15) is 40.5 Å². The minimum Gasteiger partial charge on any atom is -0.262 e. The van der Waals surface area contributed by atoms with Gasteiger partial charge < -0.3 is 0 Å². The summed E-state index contributed by atoms with van der Waals surface area (Å²) in [6.45, 7) is 0. The van der Waals surface area contributed by atoms with Crippen molar-refractivity contribution in [3.63, 3.8) is 0 Å². The lowest BCUT2D eigenvalue weighted by Crippen LogP contribution is -2.73. The summed E-state index contributed by atoms with van der Waals surface area (Å²) in [6.07, 6.45) is -8.25. The molecule has 0 bridgehead atoms. The van der Waals surface area contributed by atoms with E-state index in [4.69, 9.17) is 0 Å². The maximum Gasteiger partial charge on any atom is 0.335 e. The fourth-order valence-electron chi connectivity index (χ4n) is 1.28. The van der Waals surface area contributed by atoms with Gasteiger partial charge in [-0.15, -0.1) is 0 Å². The second-order valence-corrected chi connectivity index (χ2v) is 3.42. The standard InChI is InChI=1S/C4H8N8O8/c13-9(14)1-5-2(10(15)16)7-4(12(19)20)8-3(6-1)11(17)18/h1-8H. The number of nitro groups is 4. The Labute approximate surface area is 108 Å². The van der Waals surface area contributed by atoms with Gasteiger partial charge in [0.25, 0.3) is 0 Å². The van der Waals surface area contributed by atoms with E-state index in [1.54, 1.807) is 21.3 Å². The number of hydrogen-bond acceptors (Lipinski definition) is 12. The molecule has 4 N–H and O–H groups in total. The van der Waals surface area contributed by atoms with Gasteiger partial charge in [0, 0.05) is 0 Å². The molecule has 0 spiro atoms. The molecule has 1 heterocycles. The van der Waals surface area contributed by atoms with Crippen molar-refractivity contribution in [2.75, 3.05) is 0 Å². The van der Waals surface area contributed by atoms with Gasteiger partial charge in [0.2, 0.25) is 0 Å². The fourth-order valence-corrected chi connectivity index (χ4v) is 1.28. The van der Waals surface area contributed by atoms with Crippen LogP contribution in [0.5, 0.6) is 0 Å². The van der Waals surface area contributed by atoms with Crippen molar-refractivity contribution in [1.82, 2.24) is 21.3 Å². The second-order valence-electron chi connectivity index (χ2n) is 3.42. The molecule has 20 heavy (non-hydrogen) atoms. The van der Waals surface area contributed by atoms with Gasteiger partial charge in [-0.25, -0.2) is 0 Å². The van der Waals surface area contributed by atoms with Crippen LogP contribution in [0.3, 0.4) is 0 Å². The van der Waals surface area contributed by atoms with Crippen LogP contribution in [-0.4, -0.2) is 44.9 Å². The Balaban J connectivity index is 3.02. The highest BCUT2D eigenvalue weighted by Crippen LogP contribution is 1.97. The number of nitrogens with zero attached hydrogens (tertiary/aromatic N) is 4. The Morgan fingerprint density at radius 3 is 0.750 bits per heavy atom. The van der Waals surface area contributed by atoms with Crippen molar-refractivity contribution < 1.29 is 19.7 Å². The smallest absolute Gasteiger partial charge is 0.262 e. The zero-order valence-electron chi connectivity index (χ0n) is 9.36. The Morgan fingerprint density at radius 1 is 0.500 bits per heavy atom. The van der Waals surface area contributed by atoms with Crippen LogP contribution in [0.4, 0.5) is 0 Å². The molecule has 1 aliphatic rings. The van der Waals surface area contributed by atoms with Crippen LogP contribution in [0.1, 0.15) is 0 Å². The molecular formula is C4H8N8O8. The van der Waals surface area contributed by atoms with Crippen LogP contribution in [0, 0.1) is 40.5 Å². The van der Waals surface area contributed by atoms with Crippen molar-refractivity contribution in [3.05, 3.63) is 40.5 Å². The Morgan fingerprint density at radius 2 is 0.650 bits per heavy atom. The zero-order valence-corrected chi connectivity index (χ0v) is 9.36. The van der Waals surface area contributed by atoms with Crippen molar-refractivity contribution in [3.8, 4) is 0 Å². The number of rotatable bonds is 4. The van der Waals surface area contributed by atoms with Crippen molar-refractivity contribution in [2.24, 2.45) is 0 Å². The minimum absolute atomic E-state index is 1.09. The summed E-state index contributed by atoms with van der Waals surface area (Å²) in [5.41, 5.74) is 0. The molecule has 16 heteroatoms. The van der Waals surface area contributed by atoms with Crippen molar-refractivity contribution in [2.45, 2.75) is 25.2 Å². The van der Waals surface area contributed by atoms with Crippen LogP contribution in [0.15, 0.2) is 0 Å². The minimum atomic E-state index is -2.06. The van der Waals surface area contributed by atoms with E-state index in [2.05, 4.69) is 0 Å². The molecule has 0 saturated carbocycles. The SMILES string of the molecule is O=[N+]([O-])C1NC([N+](=O)[O-])NC([N+](=O)[O-])NC([N+](=O)[O-])N1. The molecule has 1 aliphatic heterocycles. The highest BCUT2D eigenvalue weighted by molar-refractivity contribution is 4.66. The van der Waals surface area contributed by atoms with Gasteiger partial charge in [-0.2, -0.15) is 21.3 Å². The second kappa shape index (κ2) is 6.06. The third kappa shape index (κ3) is 3.71. The van der Waals surface area contributed by atoms with Gasteiger partial charge in [0.15, 0.2) is 0 Å². The first-order chi connectivity index (χ1) is 9.22. The van der Waals surface area contributed by atoms with E-state index in [-0.39, 0.29) is 0 Å². The Kier molecular flexibility index (Phi) is 4.69. The summed E-state index contributed by atoms with van der Waals surface area (Å²) in [5, 5.41) is 49.5. The number of nitrogens with one attached hydrogen (secondary N) is 4. The molecule has 1 fully saturated rings. The maximum atomic E-state index is 10.6. The molecule has 0 radical (unpaired) electrons. The van der Waals surface area contributed by atoms with Gasteiger partial charge in [-0.05, 0) is 0 Å². The fraction of sp³-hybridized carbons (Fsp3) is 1.00. The highest BCUT2D eigenvalue weighted by Gasteiger charge is 2.44. The van der Waals surface area contributed by atoms with E-state index in [0.29, 0.717) is 0 Å². The third-order valence-electron chi connectivity index (χ3n) is 2.11. The molecule has 0 aromatic rings. The van der Waals surface area contributed by atoms with E-state index < -0.39 is 44.9 Å². The molecule has 1 saturated heterocycles. The molecule has 16 nitrogen and oxygen atoms in total. The quantitative estimate of drug-likeness (QED) is 0.294. The van der Waals surface area contributed by atoms with E-state index >= 15 is 0 Å². The number of hydrogen-bond donors (Lipinski definition) is 4. The van der Waals surface area contributed by atoms with Crippen LogP contribution >= 0.6 is 0 Å². The lowest BCUT2D eigenvalue weighted by Gasteiger charge is -2.24. The van der Waals surface area contributed by atoms with Crippen LogP contribution in [-0.2, 0) is 0 Å². The highest BCUT2D eigenvalue weighted by atomic mass is 16.7. The monoisotopic (exact) mass is 296 g/mol. The summed E-state index contributed by atoms with van der Waals surface area (Å²) >= 11 is 0. The molecule has 0 aromatic carbocycles. The summed E-state index contributed by atoms with van der Waals surface area (Å²) < 4.78 is 0. The van der Waals surface area contributed by atoms with E-state index in [1.807, 2.05) is 0 Å². The summed E-state index contributed by atoms with van der Waals surface area (Å²) in [7, 11) is 0. The maximum absolute atomic E-state index is 10.6. The lowest BCUT2D eigenvalue weighted by atomic mass is 10.5. The summed E-state index contributed by atoms with van der Waals surface area (Å²) in [6, 6.07) is 0. The molecule has 0 atom stereocenters. The largest absolute Gasteiger partial charge is 0.335 e. The predicted octanol–water partition coefficient (Wildman–Crippen LogP) is -3.40. The third-order valence-corrected chi connectivity index (χ3v) is 2.11. The molecule has 0 amide bonds. The average molecular weight is 296 g/mol. The summed E-state index contributed by atoms with van der Waals surface area (Å²) in [5.74, 6) is 0. The Hall–Kier alpha value is -2.56. The van der Waals surface area contributed by atoms with Crippen molar-refractivity contribution in [1.29, 1.82) is 0 Å². The molecule has 0 aliphatic carbocycles. The van der Waals surface area contributed by atoms with E-state index in [0.717, 1.165) is 0 Å². The first kappa shape index (κ1) is 15.5. The molecule has 0 aromatic heterocycles. The first-order valence-electron chi connectivity index (χ1n) is 4.80. The van der Waals surface area contributed by atoms with Crippen molar-refractivity contribution >= 4 is 0 Å². The Bertz CT molecular complexity index is 352. The van der Waals surface area contributed by atoms with Gasteiger partial charge >= 0.3 is 25.2 Å². The molecule has 1 rings (SSSR count). The normalized spacial score (nSPS) is 30.8. The molecule has 0 unspecified atom stereocenters. The van der Waals surface area contributed by atoms with Gasteiger partial charge in [0.1, 0.15) is 0 Å². The van der Waals surface area contributed by atoms with E-state index in [1.165, 1.54) is 0 Å². The molecule has 112 valence electrons. The zero-order chi connectivity index (χ0) is 15.4.